The molecule has 0 atom stereocenters. The predicted octanol–water partition coefficient (Wildman–Crippen LogP) is 1.89. The lowest BCUT2D eigenvalue weighted by Gasteiger charge is -2.13. The van der Waals surface area contributed by atoms with Crippen LogP contribution in [0.15, 0.2) is 18.2 Å². The summed E-state index contributed by atoms with van der Waals surface area (Å²) in [6, 6.07) is 2.45. The zero-order chi connectivity index (χ0) is 13.9. The molecule has 0 heterocycles. The van der Waals surface area contributed by atoms with Gasteiger partial charge < -0.3 is 10.2 Å². The van der Waals surface area contributed by atoms with Crippen LogP contribution in [0.1, 0.15) is 5.56 Å². The fourth-order valence-corrected chi connectivity index (χ4v) is 1.18. The minimum Gasteiger partial charge on any atom is -0.465 e. The number of nitrogens with zero attached hydrogens (tertiary/aromatic N) is 2. The zero-order valence-electron chi connectivity index (χ0n) is 8.74. The molecule has 18 heavy (non-hydrogen) atoms. The molecule has 0 saturated carbocycles. The summed E-state index contributed by atoms with van der Waals surface area (Å²) in [5.74, 6) is -0.923. The summed E-state index contributed by atoms with van der Waals surface area (Å²) in [4.78, 5) is 30.7. The molecule has 0 radical (unpaired) electrons. The summed E-state index contributed by atoms with van der Waals surface area (Å²) < 4.78 is 13.3. The standard InChI is InChI=1S/C9H7FN2O6/c10-7-2-1-6(12(17)18)3-5(7)4-11(8(13)14)9(15)16/h1-3H,4H2,(H,13,14)(H,15,16). The second-order valence-corrected chi connectivity index (χ2v) is 3.18. The van der Waals surface area contributed by atoms with Crippen LogP contribution in [0.2, 0.25) is 0 Å². The molecular formula is C9H7FN2O6. The van der Waals surface area contributed by atoms with Crippen LogP contribution in [0.5, 0.6) is 0 Å². The number of carboxylic acid groups (broad SMARTS) is 2. The number of benzene rings is 1. The minimum absolute atomic E-state index is 0.0812. The van der Waals surface area contributed by atoms with Crippen LogP contribution in [0, 0.1) is 15.9 Å². The molecule has 0 spiro atoms. The van der Waals surface area contributed by atoms with E-state index in [1.807, 2.05) is 0 Å². The Labute approximate surface area is 99.0 Å². The van der Waals surface area contributed by atoms with Gasteiger partial charge in [-0.25, -0.2) is 18.9 Å². The van der Waals surface area contributed by atoms with Crippen molar-refractivity contribution in [3.05, 3.63) is 39.7 Å². The summed E-state index contributed by atoms with van der Waals surface area (Å²) in [6.07, 6.45) is -3.60. The van der Waals surface area contributed by atoms with Crippen molar-refractivity contribution in [2.24, 2.45) is 0 Å². The van der Waals surface area contributed by atoms with Crippen molar-refractivity contribution in [3.8, 4) is 0 Å². The molecule has 0 bridgehead atoms. The van der Waals surface area contributed by atoms with Crippen LogP contribution >= 0.6 is 0 Å². The molecule has 2 N–H and O–H groups in total. The summed E-state index contributed by atoms with van der Waals surface area (Å²) in [6.45, 7) is -0.821. The van der Waals surface area contributed by atoms with E-state index in [9.17, 15) is 24.1 Å². The number of halogens is 1. The molecule has 1 aromatic rings. The zero-order valence-corrected chi connectivity index (χ0v) is 8.74. The minimum atomic E-state index is -1.80. The van der Waals surface area contributed by atoms with Crippen LogP contribution in [0.4, 0.5) is 19.7 Å². The Kier molecular flexibility index (Phi) is 3.77. The van der Waals surface area contributed by atoms with Gasteiger partial charge in [-0.15, -0.1) is 0 Å². The van der Waals surface area contributed by atoms with Crippen molar-refractivity contribution in [2.45, 2.75) is 6.54 Å². The third-order valence-corrected chi connectivity index (χ3v) is 2.03. The third-order valence-electron chi connectivity index (χ3n) is 2.03. The van der Waals surface area contributed by atoms with Crippen LogP contribution in [0.25, 0.3) is 0 Å². The van der Waals surface area contributed by atoms with E-state index in [4.69, 9.17) is 10.2 Å². The number of imide groups is 1. The van der Waals surface area contributed by atoms with E-state index in [1.54, 1.807) is 0 Å². The molecule has 0 aromatic heterocycles. The number of rotatable bonds is 3. The fourth-order valence-electron chi connectivity index (χ4n) is 1.18. The average Bonchev–Trinajstić information content (AvgIpc) is 2.26. The summed E-state index contributed by atoms with van der Waals surface area (Å²) in [5.41, 5.74) is -0.851. The lowest BCUT2D eigenvalue weighted by molar-refractivity contribution is -0.385. The summed E-state index contributed by atoms with van der Waals surface area (Å²) in [5, 5.41) is 27.6. The summed E-state index contributed by atoms with van der Waals surface area (Å²) in [7, 11) is 0. The van der Waals surface area contributed by atoms with E-state index in [0.717, 1.165) is 18.2 Å². The van der Waals surface area contributed by atoms with Crippen molar-refractivity contribution in [1.29, 1.82) is 0 Å². The molecule has 8 nitrogen and oxygen atoms in total. The van der Waals surface area contributed by atoms with E-state index >= 15 is 0 Å². The normalized spacial score (nSPS) is 9.83. The maximum absolute atomic E-state index is 13.3. The Hall–Kier alpha value is -2.71. The van der Waals surface area contributed by atoms with Crippen LogP contribution in [0.3, 0.4) is 0 Å². The quantitative estimate of drug-likeness (QED) is 0.630. The van der Waals surface area contributed by atoms with Gasteiger partial charge in [-0.3, -0.25) is 10.1 Å². The number of hydrogen-bond acceptors (Lipinski definition) is 4. The van der Waals surface area contributed by atoms with Crippen LogP contribution < -0.4 is 0 Å². The number of hydrogen-bond donors (Lipinski definition) is 2. The van der Waals surface area contributed by atoms with Crippen molar-refractivity contribution >= 4 is 17.9 Å². The average molecular weight is 258 g/mol. The van der Waals surface area contributed by atoms with Gasteiger partial charge >= 0.3 is 12.2 Å². The molecule has 1 rings (SSSR count). The van der Waals surface area contributed by atoms with E-state index in [1.165, 1.54) is 0 Å². The smallest absolute Gasteiger partial charge is 0.417 e. The van der Waals surface area contributed by atoms with Gasteiger partial charge in [-0.2, -0.15) is 0 Å². The second-order valence-electron chi connectivity index (χ2n) is 3.18. The van der Waals surface area contributed by atoms with Gasteiger partial charge in [0, 0.05) is 17.7 Å². The highest BCUT2D eigenvalue weighted by atomic mass is 19.1. The van der Waals surface area contributed by atoms with E-state index < -0.39 is 40.7 Å². The number of nitro groups is 1. The number of amides is 2. The number of nitro benzene ring substituents is 1. The predicted molar refractivity (Wildman–Crippen MR) is 54.6 cm³/mol. The molecule has 0 aliphatic heterocycles. The largest absolute Gasteiger partial charge is 0.465 e. The van der Waals surface area contributed by atoms with Gasteiger partial charge in [0.05, 0.1) is 11.5 Å². The van der Waals surface area contributed by atoms with Gasteiger partial charge in [0.1, 0.15) is 5.82 Å². The first kappa shape index (κ1) is 13.4. The van der Waals surface area contributed by atoms with Gasteiger partial charge in [0.2, 0.25) is 0 Å². The number of non-ortho nitro benzene ring substituents is 1. The maximum atomic E-state index is 13.3. The van der Waals surface area contributed by atoms with Gasteiger partial charge in [-0.05, 0) is 6.07 Å². The fraction of sp³-hybridized carbons (Fsp3) is 0.111. The van der Waals surface area contributed by atoms with E-state index in [-0.39, 0.29) is 4.90 Å². The molecule has 1 aromatic carbocycles. The van der Waals surface area contributed by atoms with Crippen molar-refractivity contribution < 1.29 is 29.1 Å². The Morgan fingerprint density at radius 1 is 1.33 bits per heavy atom. The monoisotopic (exact) mass is 258 g/mol. The molecule has 2 amide bonds. The summed E-state index contributed by atoms with van der Waals surface area (Å²) >= 11 is 0. The highest BCUT2D eigenvalue weighted by Crippen LogP contribution is 2.18. The van der Waals surface area contributed by atoms with E-state index in [0.29, 0.717) is 0 Å². The first-order chi connectivity index (χ1) is 8.32. The highest BCUT2D eigenvalue weighted by molar-refractivity contribution is 5.85. The van der Waals surface area contributed by atoms with Crippen molar-refractivity contribution in [2.75, 3.05) is 0 Å². The molecule has 9 heteroatoms. The molecule has 0 unspecified atom stereocenters. The molecule has 0 saturated heterocycles. The Bertz CT molecular complexity index is 504. The van der Waals surface area contributed by atoms with E-state index in [2.05, 4.69) is 0 Å². The molecule has 96 valence electrons. The lowest BCUT2D eigenvalue weighted by atomic mass is 10.2. The topological polar surface area (TPSA) is 121 Å². The molecule has 0 aliphatic rings. The SMILES string of the molecule is O=C(O)N(Cc1cc([N+](=O)[O-])ccc1F)C(=O)O. The highest BCUT2D eigenvalue weighted by Gasteiger charge is 2.22. The Balaban J connectivity index is 3.09. The van der Waals surface area contributed by atoms with Crippen LogP contribution in [-0.2, 0) is 6.54 Å². The van der Waals surface area contributed by atoms with Crippen molar-refractivity contribution in [3.63, 3.8) is 0 Å². The van der Waals surface area contributed by atoms with Crippen molar-refractivity contribution in [1.82, 2.24) is 4.90 Å². The number of carbonyl (C=O) groups is 2. The first-order valence-electron chi connectivity index (χ1n) is 4.49. The lowest BCUT2D eigenvalue weighted by Crippen LogP contribution is -2.34. The maximum Gasteiger partial charge on any atom is 0.417 e. The Morgan fingerprint density at radius 3 is 2.33 bits per heavy atom. The van der Waals surface area contributed by atoms with Crippen LogP contribution in [-0.4, -0.2) is 32.2 Å². The second kappa shape index (κ2) is 5.08. The molecular weight excluding hydrogens is 251 g/mol. The molecule has 0 aliphatic carbocycles. The first-order valence-corrected chi connectivity index (χ1v) is 4.49. The third kappa shape index (κ3) is 2.90. The van der Waals surface area contributed by atoms with Gasteiger partial charge in [0.25, 0.3) is 5.69 Å². The Morgan fingerprint density at radius 2 is 1.89 bits per heavy atom. The van der Waals surface area contributed by atoms with Gasteiger partial charge in [0.15, 0.2) is 0 Å². The van der Waals surface area contributed by atoms with Gasteiger partial charge in [-0.1, -0.05) is 0 Å². The molecule has 0 fully saturated rings.